The molecule has 0 bridgehead atoms. The lowest BCUT2D eigenvalue weighted by Crippen LogP contribution is -2.26. The van der Waals surface area contributed by atoms with Crippen molar-refractivity contribution in [3.05, 3.63) is 47.8 Å². The number of carbonyl (C=O) groups is 1. The summed E-state index contributed by atoms with van der Waals surface area (Å²) in [4.78, 5) is 19.1. The van der Waals surface area contributed by atoms with Gasteiger partial charge < -0.3 is 19.7 Å². The number of rotatable bonds is 6. The van der Waals surface area contributed by atoms with Gasteiger partial charge in [0.15, 0.2) is 11.5 Å². The molecule has 6 nitrogen and oxygen atoms in total. The summed E-state index contributed by atoms with van der Waals surface area (Å²) in [6.45, 7) is 2.52. The largest absolute Gasteiger partial charge is 0.493 e. The number of benzene rings is 1. The quantitative estimate of drug-likeness (QED) is 0.845. The van der Waals surface area contributed by atoms with Crippen LogP contribution in [0.25, 0.3) is 0 Å². The number of hydrogen-bond acceptors (Lipinski definition) is 5. The van der Waals surface area contributed by atoms with Gasteiger partial charge in [-0.1, -0.05) is 18.9 Å². The standard InChI is InChI=1S/C21H27N3O3/c1-26-19-10-7-16(13-20(19)27-2)14-23-21(25)18-9-8-17(15-22-18)24-11-5-3-4-6-12-24/h7-10,13,15H,3-6,11-12,14H2,1-2H3,(H,23,25). The Morgan fingerprint density at radius 1 is 1.04 bits per heavy atom. The fraction of sp³-hybridized carbons (Fsp3) is 0.429. The first-order chi connectivity index (χ1) is 13.2. The normalized spacial score (nSPS) is 14.4. The van der Waals surface area contributed by atoms with E-state index in [4.69, 9.17) is 9.47 Å². The lowest BCUT2D eigenvalue weighted by atomic mass is 10.2. The maximum absolute atomic E-state index is 12.4. The first-order valence-electron chi connectivity index (χ1n) is 9.41. The zero-order valence-electron chi connectivity index (χ0n) is 16.0. The number of hydrogen-bond donors (Lipinski definition) is 1. The molecule has 0 radical (unpaired) electrons. The van der Waals surface area contributed by atoms with Crippen LogP contribution in [-0.4, -0.2) is 38.2 Å². The number of pyridine rings is 1. The van der Waals surface area contributed by atoms with Crippen molar-refractivity contribution in [1.82, 2.24) is 10.3 Å². The van der Waals surface area contributed by atoms with Gasteiger partial charge in [0, 0.05) is 19.6 Å². The molecule has 6 heteroatoms. The van der Waals surface area contributed by atoms with Gasteiger partial charge in [-0.3, -0.25) is 4.79 Å². The van der Waals surface area contributed by atoms with Gasteiger partial charge >= 0.3 is 0 Å². The van der Waals surface area contributed by atoms with E-state index >= 15 is 0 Å². The van der Waals surface area contributed by atoms with Crippen LogP contribution in [0.5, 0.6) is 11.5 Å². The lowest BCUT2D eigenvalue weighted by Gasteiger charge is -2.22. The van der Waals surface area contributed by atoms with E-state index in [0.717, 1.165) is 24.3 Å². The number of aromatic nitrogens is 1. The highest BCUT2D eigenvalue weighted by Gasteiger charge is 2.12. The molecule has 1 aliphatic heterocycles. The highest BCUT2D eigenvalue weighted by molar-refractivity contribution is 5.92. The molecule has 144 valence electrons. The lowest BCUT2D eigenvalue weighted by molar-refractivity contribution is 0.0946. The monoisotopic (exact) mass is 369 g/mol. The predicted octanol–water partition coefficient (Wildman–Crippen LogP) is 3.41. The van der Waals surface area contributed by atoms with Crippen LogP contribution in [0.2, 0.25) is 0 Å². The van der Waals surface area contributed by atoms with Gasteiger partial charge in [-0.15, -0.1) is 0 Å². The number of ether oxygens (including phenoxy) is 2. The molecule has 1 aromatic heterocycles. The smallest absolute Gasteiger partial charge is 0.270 e. The van der Waals surface area contributed by atoms with E-state index in [0.29, 0.717) is 23.7 Å². The van der Waals surface area contributed by atoms with Crippen molar-refractivity contribution in [2.75, 3.05) is 32.2 Å². The van der Waals surface area contributed by atoms with Crippen LogP contribution in [0.1, 0.15) is 41.7 Å². The van der Waals surface area contributed by atoms with E-state index in [2.05, 4.69) is 15.2 Å². The van der Waals surface area contributed by atoms with Crippen molar-refractivity contribution in [3.8, 4) is 11.5 Å². The van der Waals surface area contributed by atoms with Crippen molar-refractivity contribution in [2.45, 2.75) is 32.2 Å². The maximum atomic E-state index is 12.4. The average Bonchev–Trinajstić information content (AvgIpc) is 3.01. The van der Waals surface area contributed by atoms with Crippen molar-refractivity contribution < 1.29 is 14.3 Å². The molecule has 1 fully saturated rings. The highest BCUT2D eigenvalue weighted by atomic mass is 16.5. The van der Waals surface area contributed by atoms with E-state index in [1.54, 1.807) is 26.5 Å². The Morgan fingerprint density at radius 2 is 1.78 bits per heavy atom. The number of amides is 1. The third-order valence-corrected chi connectivity index (χ3v) is 4.85. The number of methoxy groups -OCH3 is 2. The van der Waals surface area contributed by atoms with Crippen LogP contribution in [0.4, 0.5) is 5.69 Å². The molecular formula is C21H27N3O3. The second-order valence-electron chi connectivity index (χ2n) is 6.67. The van der Waals surface area contributed by atoms with Crippen molar-refractivity contribution in [1.29, 1.82) is 0 Å². The SMILES string of the molecule is COc1ccc(CNC(=O)c2ccc(N3CCCCCC3)cn2)cc1OC. The van der Waals surface area contributed by atoms with Crippen LogP contribution in [-0.2, 0) is 6.54 Å². The molecule has 0 saturated carbocycles. The van der Waals surface area contributed by atoms with E-state index in [-0.39, 0.29) is 5.91 Å². The van der Waals surface area contributed by atoms with Gasteiger partial charge in [-0.2, -0.15) is 0 Å². The van der Waals surface area contributed by atoms with Crippen molar-refractivity contribution in [3.63, 3.8) is 0 Å². The Labute approximate surface area is 160 Å². The molecule has 27 heavy (non-hydrogen) atoms. The maximum Gasteiger partial charge on any atom is 0.270 e. The summed E-state index contributed by atoms with van der Waals surface area (Å²) in [5.74, 6) is 1.12. The molecule has 1 N–H and O–H groups in total. The summed E-state index contributed by atoms with van der Waals surface area (Å²) in [6.07, 6.45) is 6.82. The summed E-state index contributed by atoms with van der Waals surface area (Å²) >= 11 is 0. The summed E-state index contributed by atoms with van der Waals surface area (Å²) in [6, 6.07) is 9.37. The second-order valence-corrected chi connectivity index (χ2v) is 6.67. The molecule has 3 rings (SSSR count). The summed E-state index contributed by atoms with van der Waals surface area (Å²) in [5.41, 5.74) is 2.45. The van der Waals surface area contributed by atoms with Crippen LogP contribution >= 0.6 is 0 Å². The molecule has 2 heterocycles. The van der Waals surface area contributed by atoms with E-state index in [9.17, 15) is 4.79 Å². The van der Waals surface area contributed by atoms with Gasteiger partial charge in [-0.25, -0.2) is 4.98 Å². The number of carbonyl (C=O) groups excluding carboxylic acids is 1. The number of nitrogens with one attached hydrogen (secondary N) is 1. The first-order valence-corrected chi connectivity index (χ1v) is 9.41. The Morgan fingerprint density at radius 3 is 2.41 bits per heavy atom. The summed E-state index contributed by atoms with van der Waals surface area (Å²) in [5, 5.41) is 2.90. The number of anilines is 1. The van der Waals surface area contributed by atoms with Crippen LogP contribution in [0.15, 0.2) is 36.5 Å². The van der Waals surface area contributed by atoms with Gasteiger partial charge in [0.2, 0.25) is 0 Å². The van der Waals surface area contributed by atoms with Gasteiger partial charge in [0.1, 0.15) is 5.69 Å². The fourth-order valence-electron chi connectivity index (χ4n) is 3.30. The third kappa shape index (κ3) is 4.90. The minimum Gasteiger partial charge on any atom is -0.493 e. The van der Waals surface area contributed by atoms with E-state index in [1.165, 1.54) is 25.7 Å². The molecule has 1 aromatic carbocycles. The Hall–Kier alpha value is -2.76. The van der Waals surface area contributed by atoms with Gasteiger partial charge in [0.05, 0.1) is 26.1 Å². The average molecular weight is 369 g/mol. The van der Waals surface area contributed by atoms with Crippen molar-refractivity contribution in [2.24, 2.45) is 0 Å². The van der Waals surface area contributed by atoms with Crippen LogP contribution < -0.4 is 19.7 Å². The molecule has 1 saturated heterocycles. The Bertz CT molecular complexity index is 754. The fourth-order valence-corrected chi connectivity index (χ4v) is 3.30. The molecule has 0 spiro atoms. The first kappa shape index (κ1) is 19.0. The summed E-state index contributed by atoms with van der Waals surface area (Å²) in [7, 11) is 3.19. The second kappa shape index (κ2) is 9.26. The molecule has 2 aromatic rings. The zero-order chi connectivity index (χ0) is 19.1. The molecule has 1 amide bonds. The minimum atomic E-state index is -0.188. The Balaban J connectivity index is 1.59. The molecular weight excluding hydrogens is 342 g/mol. The molecule has 0 unspecified atom stereocenters. The molecule has 0 atom stereocenters. The van der Waals surface area contributed by atoms with Crippen LogP contribution in [0.3, 0.4) is 0 Å². The minimum absolute atomic E-state index is 0.188. The van der Waals surface area contributed by atoms with Crippen LogP contribution in [0, 0.1) is 0 Å². The summed E-state index contributed by atoms with van der Waals surface area (Å²) < 4.78 is 10.5. The van der Waals surface area contributed by atoms with Gasteiger partial charge in [0.25, 0.3) is 5.91 Å². The number of nitrogens with zero attached hydrogens (tertiary/aromatic N) is 2. The van der Waals surface area contributed by atoms with Crippen molar-refractivity contribution >= 4 is 11.6 Å². The predicted molar refractivity (Wildman–Crippen MR) is 106 cm³/mol. The topological polar surface area (TPSA) is 63.7 Å². The highest BCUT2D eigenvalue weighted by Crippen LogP contribution is 2.27. The van der Waals surface area contributed by atoms with Gasteiger partial charge in [-0.05, 0) is 42.7 Å². The molecule has 0 aliphatic carbocycles. The third-order valence-electron chi connectivity index (χ3n) is 4.85. The molecule has 1 aliphatic rings. The Kier molecular flexibility index (Phi) is 6.52. The van der Waals surface area contributed by atoms with E-state index in [1.807, 2.05) is 24.3 Å². The van der Waals surface area contributed by atoms with E-state index < -0.39 is 0 Å². The zero-order valence-corrected chi connectivity index (χ0v) is 16.0.